The van der Waals surface area contributed by atoms with E-state index in [1.807, 2.05) is 31.2 Å². The van der Waals surface area contributed by atoms with Gasteiger partial charge in [0.1, 0.15) is 11.0 Å². The summed E-state index contributed by atoms with van der Waals surface area (Å²) in [6.07, 6.45) is 1.49. The molecule has 0 saturated heterocycles. The number of benzene rings is 1. The molecule has 0 aliphatic rings. The number of anilines is 1. The van der Waals surface area contributed by atoms with Crippen LogP contribution in [0.1, 0.15) is 16.7 Å². The molecule has 2 aromatic heterocycles. The second-order valence-corrected chi connectivity index (χ2v) is 5.73. The first-order chi connectivity index (χ1) is 11.0. The van der Waals surface area contributed by atoms with Crippen molar-refractivity contribution in [1.82, 2.24) is 9.66 Å². The molecule has 0 amide bonds. The van der Waals surface area contributed by atoms with E-state index in [4.69, 9.17) is 17.3 Å². The van der Waals surface area contributed by atoms with Gasteiger partial charge in [-0.05, 0) is 37.1 Å². The average molecular weight is 327 g/mol. The summed E-state index contributed by atoms with van der Waals surface area (Å²) in [7, 11) is 0. The molecule has 0 unspecified atom stereocenters. The zero-order valence-electron chi connectivity index (χ0n) is 12.7. The Hall–Kier alpha value is -2.66. The van der Waals surface area contributed by atoms with Gasteiger partial charge in [0.15, 0.2) is 0 Å². The molecule has 6 heteroatoms. The van der Waals surface area contributed by atoms with Crippen LogP contribution in [0.3, 0.4) is 0 Å². The molecule has 0 aliphatic heterocycles. The third-order valence-electron chi connectivity index (χ3n) is 3.52. The van der Waals surface area contributed by atoms with Crippen LogP contribution in [0.25, 0.3) is 10.9 Å². The molecule has 0 saturated carbocycles. The Bertz CT molecular complexity index is 992. The summed E-state index contributed by atoms with van der Waals surface area (Å²) in [5, 5.41) is 5.42. The first-order valence-electron chi connectivity index (χ1n) is 7.05. The molecule has 2 heterocycles. The Labute approximate surface area is 138 Å². The van der Waals surface area contributed by atoms with Crippen LogP contribution in [0.2, 0.25) is 5.15 Å². The van der Waals surface area contributed by atoms with Gasteiger partial charge in [0.2, 0.25) is 0 Å². The summed E-state index contributed by atoms with van der Waals surface area (Å²) in [5.41, 5.74) is 8.85. The van der Waals surface area contributed by atoms with Crippen molar-refractivity contribution in [1.29, 1.82) is 0 Å². The number of fused-ring (bicyclic) bond motifs is 1. The van der Waals surface area contributed by atoms with Crippen LogP contribution in [-0.4, -0.2) is 15.9 Å². The molecule has 2 N–H and O–H groups in total. The molecule has 0 atom stereocenters. The number of hydrogen-bond acceptors (Lipinski definition) is 4. The predicted molar refractivity (Wildman–Crippen MR) is 94.3 cm³/mol. The minimum absolute atomic E-state index is 0.270. The van der Waals surface area contributed by atoms with Crippen molar-refractivity contribution in [2.45, 2.75) is 13.8 Å². The van der Waals surface area contributed by atoms with E-state index in [9.17, 15) is 4.79 Å². The summed E-state index contributed by atoms with van der Waals surface area (Å²) in [6.45, 7) is 3.78. The van der Waals surface area contributed by atoms with Crippen molar-refractivity contribution in [3.8, 4) is 0 Å². The van der Waals surface area contributed by atoms with Gasteiger partial charge >= 0.3 is 0 Å². The van der Waals surface area contributed by atoms with Gasteiger partial charge in [0.05, 0.1) is 11.7 Å². The van der Waals surface area contributed by atoms with Gasteiger partial charge in [-0.15, -0.1) is 0 Å². The number of nitrogens with two attached hydrogens (primary N) is 1. The first kappa shape index (κ1) is 15.2. The maximum Gasteiger partial charge on any atom is 0.273 e. The van der Waals surface area contributed by atoms with E-state index in [-0.39, 0.29) is 11.4 Å². The molecule has 3 rings (SSSR count). The summed E-state index contributed by atoms with van der Waals surface area (Å²) in [6, 6.07) is 10.9. The molecule has 0 fully saturated rings. The average Bonchev–Trinajstić information content (AvgIpc) is 2.47. The molecule has 5 nitrogen and oxygen atoms in total. The first-order valence-corrected chi connectivity index (χ1v) is 7.43. The minimum Gasteiger partial charge on any atom is -0.384 e. The van der Waals surface area contributed by atoms with Gasteiger partial charge in [-0.1, -0.05) is 29.8 Å². The lowest BCUT2D eigenvalue weighted by molar-refractivity contribution is 0.843. The highest BCUT2D eigenvalue weighted by Crippen LogP contribution is 2.21. The standard InChI is InChI=1S/C17H15ClN4O/c1-10-6-14(19)22(15(23)7-10)20-9-13-8-12-5-3-4-11(2)16(12)21-17(13)18/h3-9H,19H2,1-2H3/b20-9-. The van der Waals surface area contributed by atoms with E-state index in [1.54, 1.807) is 13.0 Å². The van der Waals surface area contributed by atoms with Crippen molar-refractivity contribution in [3.63, 3.8) is 0 Å². The van der Waals surface area contributed by atoms with E-state index in [0.29, 0.717) is 10.7 Å². The molecule has 3 aromatic rings. The van der Waals surface area contributed by atoms with Crippen molar-refractivity contribution >= 4 is 34.5 Å². The molecule has 23 heavy (non-hydrogen) atoms. The Morgan fingerprint density at radius 1 is 1.26 bits per heavy atom. The lowest BCUT2D eigenvalue weighted by Crippen LogP contribution is -2.19. The lowest BCUT2D eigenvalue weighted by atomic mass is 10.1. The van der Waals surface area contributed by atoms with Gasteiger partial charge in [-0.3, -0.25) is 4.79 Å². The number of nitrogen functional groups attached to an aromatic ring is 1. The van der Waals surface area contributed by atoms with E-state index in [0.717, 1.165) is 26.7 Å². The molecular formula is C17H15ClN4O. The summed E-state index contributed by atoms with van der Waals surface area (Å²) < 4.78 is 1.13. The number of rotatable bonds is 2. The molecular weight excluding hydrogens is 312 g/mol. The number of aryl methyl sites for hydroxylation is 2. The molecule has 0 aliphatic carbocycles. The third-order valence-corrected chi connectivity index (χ3v) is 3.82. The fraction of sp³-hybridized carbons (Fsp3) is 0.118. The largest absolute Gasteiger partial charge is 0.384 e. The Morgan fingerprint density at radius 2 is 2.04 bits per heavy atom. The second kappa shape index (κ2) is 5.85. The number of halogens is 1. The molecule has 116 valence electrons. The fourth-order valence-electron chi connectivity index (χ4n) is 2.39. The maximum absolute atomic E-state index is 11.9. The number of nitrogens with zero attached hydrogens (tertiary/aromatic N) is 3. The predicted octanol–water partition coefficient (Wildman–Crippen LogP) is 3.13. The fourth-order valence-corrected chi connectivity index (χ4v) is 2.58. The van der Waals surface area contributed by atoms with Crippen LogP contribution in [0, 0.1) is 13.8 Å². The topological polar surface area (TPSA) is 73.3 Å². The molecule has 1 aromatic carbocycles. The zero-order chi connectivity index (χ0) is 16.6. The highest BCUT2D eigenvalue weighted by atomic mass is 35.5. The van der Waals surface area contributed by atoms with E-state index in [1.165, 1.54) is 12.3 Å². The number of hydrogen-bond donors (Lipinski definition) is 1. The van der Waals surface area contributed by atoms with Gasteiger partial charge in [-0.25, -0.2) is 4.98 Å². The van der Waals surface area contributed by atoms with E-state index in [2.05, 4.69) is 10.1 Å². The van der Waals surface area contributed by atoms with Crippen molar-refractivity contribution in [2.24, 2.45) is 5.10 Å². The van der Waals surface area contributed by atoms with Crippen LogP contribution < -0.4 is 11.3 Å². The summed E-state index contributed by atoms with van der Waals surface area (Å²) in [5.74, 6) is 0.270. The van der Waals surface area contributed by atoms with Gasteiger partial charge in [-0.2, -0.15) is 9.78 Å². The van der Waals surface area contributed by atoms with E-state index >= 15 is 0 Å². The minimum atomic E-state index is -0.292. The Morgan fingerprint density at radius 3 is 2.78 bits per heavy atom. The van der Waals surface area contributed by atoms with Crippen LogP contribution in [0.4, 0.5) is 5.82 Å². The van der Waals surface area contributed by atoms with Crippen molar-refractivity contribution < 1.29 is 0 Å². The normalized spacial score (nSPS) is 11.4. The quantitative estimate of drug-likeness (QED) is 0.581. The highest BCUT2D eigenvalue weighted by molar-refractivity contribution is 6.32. The highest BCUT2D eigenvalue weighted by Gasteiger charge is 2.06. The monoisotopic (exact) mass is 326 g/mol. The summed E-state index contributed by atoms with van der Waals surface area (Å²) in [4.78, 5) is 16.3. The van der Waals surface area contributed by atoms with Crippen LogP contribution >= 0.6 is 11.6 Å². The van der Waals surface area contributed by atoms with Crippen molar-refractivity contribution in [2.75, 3.05) is 5.73 Å². The van der Waals surface area contributed by atoms with Gasteiger partial charge in [0, 0.05) is 17.0 Å². The summed E-state index contributed by atoms with van der Waals surface area (Å²) >= 11 is 6.23. The van der Waals surface area contributed by atoms with Crippen LogP contribution in [0.5, 0.6) is 0 Å². The Kier molecular flexibility index (Phi) is 3.88. The van der Waals surface area contributed by atoms with Crippen LogP contribution in [-0.2, 0) is 0 Å². The van der Waals surface area contributed by atoms with Crippen molar-refractivity contribution in [3.05, 3.63) is 68.6 Å². The molecule has 0 bridgehead atoms. The maximum atomic E-state index is 11.9. The van der Waals surface area contributed by atoms with Gasteiger partial charge < -0.3 is 5.73 Å². The third kappa shape index (κ3) is 2.96. The molecule has 0 spiro atoms. The number of pyridine rings is 2. The smallest absolute Gasteiger partial charge is 0.273 e. The SMILES string of the molecule is Cc1cc(N)n(/N=C\c2cc3cccc(C)c3nc2Cl)c(=O)c1. The van der Waals surface area contributed by atoms with Crippen LogP contribution in [0.15, 0.2) is 46.3 Å². The van der Waals surface area contributed by atoms with E-state index < -0.39 is 0 Å². The van der Waals surface area contributed by atoms with Gasteiger partial charge in [0.25, 0.3) is 5.56 Å². The number of aromatic nitrogens is 2. The zero-order valence-corrected chi connectivity index (χ0v) is 13.5. The number of para-hydroxylation sites is 1. The lowest BCUT2D eigenvalue weighted by Gasteiger charge is -2.06. The Balaban J connectivity index is 2.08. The second-order valence-electron chi connectivity index (χ2n) is 5.37. The molecule has 0 radical (unpaired) electrons.